The molecule has 0 bridgehead atoms. The summed E-state index contributed by atoms with van der Waals surface area (Å²) in [6, 6.07) is 9.87. The van der Waals surface area contributed by atoms with Gasteiger partial charge in [0.1, 0.15) is 5.82 Å². The van der Waals surface area contributed by atoms with Gasteiger partial charge in [-0.3, -0.25) is 4.79 Å². The first-order chi connectivity index (χ1) is 10.5. The fraction of sp³-hybridized carbons (Fsp3) is 0.188. The van der Waals surface area contributed by atoms with Gasteiger partial charge in [0, 0.05) is 27.0 Å². The van der Waals surface area contributed by atoms with Crippen LogP contribution < -0.4 is 5.32 Å². The Balaban J connectivity index is 1.86. The predicted octanol–water partition coefficient (Wildman–Crippen LogP) is 5.31. The summed E-state index contributed by atoms with van der Waals surface area (Å²) in [4.78, 5) is 11.9. The zero-order valence-electron chi connectivity index (χ0n) is 11.8. The van der Waals surface area contributed by atoms with Crippen molar-refractivity contribution in [3.8, 4) is 0 Å². The van der Waals surface area contributed by atoms with Crippen LogP contribution in [0.1, 0.15) is 11.1 Å². The standard InChI is InChI=1S/C16H14Cl2FNOS/c1-10-5-6-11(7-14(10)18)20-16(21)9-22-8-12-13(17)3-2-4-15(12)19/h2-7H,8-9H2,1H3,(H,20,21). The van der Waals surface area contributed by atoms with Gasteiger partial charge in [0.15, 0.2) is 0 Å². The van der Waals surface area contributed by atoms with Crippen LogP contribution in [0.25, 0.3) is 0 Å². The lowest BCUT2D eigenvalue weighted by Crippen LogP contribution is -2.14. The van der Waals surface area contributed by atoms with Crippen molar-refractivity contribution in [2.75, 3.05) is 11.1 Å². The quantitative estimate of drug-likeness (QED) is 0.785. The number of amides is 1. The van der Waals surface area contributed by atoms with Crippen molar-refractivity contribution in [3.63, 3.8) is 0 Å². The molecule has 0 spiro atoms. The molecular weight excluding hydrogens is 344 g/mol. The molecule has 116 valence electrons. The minimum Gasteiger partial charge on any atom is -0.325 e. The number of carbonyl (C=O) groups is 1. The van der Waals surface area contributed by atoms with Crippen molar-refractivity contribution in [3.05, 3.63) is 63.4 Å². The van der Waals surface area contributed by atoms with Gasteiger partial charge in [-0.25, -0.2) is 4.39 Å². The molecule has 1 N–H and O–H groups in total. The van der Waals surface area contributed by atoms with Crippen molar-refractivity contribution in [1.82, 2.24) is 0 Å². The number of aryl methyl sites for hydroxylation is 1. The van der Waals surface area contributed by atoms with Crippen molar-refractivity contribution in [1.29, 1.82) is 0 Å². The first kappa shape index (κ1) is 17.1. The second kappa shape index (κ2) is 7.86. The summed E-state index contributed by atoms with van der Waals surface area (Å²) in [6.07, 6.45) is 0. The number of hydrogen-bond acceptors (Lipinski definition) is 2. The molecule has 2 rings (SSSR count). The van der Waals surface area contributed by atoms with E-state index in [1.54, 1.807) is 24.3 Å². The van der Waals surface area contributed by atoms with E-state index >= 15 is 0 Å². The highest BCUT2D eigenvalue weighted by Gasteiger charge is 2.09. The van der Waals surface area contributed by atoms with E-state index in [-0.39, 0.29) is 17.5 Å². The molecule has 0 saturated heterocycles. The van der Waals surface area contributed by atoms with Gasteiger partial charge in [0.2, 0.25) is 5.91 Å². The Labute approximate surface area is 143 Å². The molecule has 0 atom stereocenters. The average Bonchev–Trinajstić information content (AvgIpc) is 2.46. The normalized spacial score (nSPS) is 10.5. The van der Waals surface area contributed by atoms with E-state index in [1.807, 2.05) is 13.0 Å². The van der Waals surface area contributed by atoms with Crippen LogP contribution in [0.4, 0.5) is 10.1 Å². The molecule has 0 unspecified atom stereocenters. The van der Waals surface area contributed by atoms with Gasteiger partial charge in [-0.2, -0.15) is 0 Å². The molecule has 0 radical (unpaired) electrons. The highest BCUT2D eigenvalue weighted by molar-refractivity contribution is 7.99. The van der Waals surface area contributed by atoms with E-state index in [0.29, 0.717) is 27.0 Å². The maximum absolute atomic E-state index is 13.6. The second-order valence-corrected chi connectivity index (χ2v) is 6.51. The molecule has 6 heteroatoms. The fourth-order valence-corrected chi connectivity index (χ4v) is 3.13. The van der Waals surface area contributed by atoms with E-state index in [4.69, 9.17) is 23.2 Å². The number of halogens is 3. The summed E-state index contributed by atoms with van der Waals surface area (Å²) in [5, 5.41) is 3.73. The SMILES string of the molecule is Cc1ccc(NC(=O)CSCc2c(F)cccc2Cl)cc1Cl. The third-order valence-electron chi connectivity index (χ3n) is 3.00. The van der Waals surface area contributed by atoms with Crippen molar-refractivity contribution in [2.24, 2.45) is 0 Å². The lowest BCUT2D eigenvalue weighted by atomic mass is 10.2. The number of nitrogens with one attached hydrogen (secondary N) is 1. The molecule has 2 aromatic rings. The number of rotatable bonds is 5. The summed E-state index contributed by atoms with van der Waals surface area (Å²) in [7, 11) is 0. The van der Waals surface area contributed by atoms with Gasteiger partial charge in [-0.15, -0.1) is 11.8 Å². The minimum atomic E-state index is -0.356. The lowest BCUT2D eigenvalue weighted by Gasteiger charge is -2.08. The number of benzene rings is 2. The zero-order chi connectivity index (χ0) is 16.1. The number of anilines is 1. The molecule has 0 saturated carbocycles. The summed E-state index contributed by atoms with van der Waals surface area (Å²) in [5.74, 6) is 0.0205. The largest absolute Gasteiger partial charge is 0.325 e. The van der Waals surface area contributed by atoms with Crippen LogP contribution in [0.2, 0.25) is 10.0 Å². The summed E-state index contributed by atoms with van der Waals surface area (Å²) >= 11 is 13.2. The highest BCUT2D eigenvalue weighted by Crippen LogP contribution is 2.24. The number of thioether (sulfide) groups is 1. The van der Waals surface area contributed by atoms with E-state index < -0.39 is 0 Å². The molecule has 22 heavy (non-hydrogen) atoms. The number of carbonyl (C=O) groups excluding carboxylic acids is 1. The van der Waals surface area contributed by atoms with Gasteiger partial charge in [-0.1, -0.05) is 35.3 Å². The van der Waals surface area contributed by atoms with Crippen LogP contribution in [-0.2, 0) is 10.5 Å². The maximum Gasteiger partial charge on any atom is 0.234 e. The van der Waals surface area contributed by atoms with Gasteiger partial charge < -0.3 is 5.32 Å². The molecule has 0 aromatic heterocycles. The van der Waals surface area contributed by atoms with Crippen molar-refractivity contribution >= 4 is 46.6 Å². The van der Waals surface area contributed by atoms with Gasteiger partial charge >= 0.3 is 0 Å². The van der Waals surface area contributed by atoms with Gasteiger partial charge in [-0.05, 0) is 36.8 Å². The Bertz CT molecular complexity index is 674. The Kier molecular flexibility index (Phi) is 6.12. The molecule has 0 heterocycles. The highest BCUT2D eigenvalue weighted by atomic mass is 35.5. The summed E-state index contributed by atoms with van der Waals surface area (Å²) in [6.45, 7) is 1.89. The molecule has 0 aliphatic rings. The van der Waals surface area contributed by atoms with E-state index in [9.17, 15) is 9.18 Å². The Morgan fingerprint density at radius 3 is 2.68 bits per heavy atom. The monoisotopic (exact) mass is 357 g/mol. The first-order valence-electron chi connectivity index (χ1n) is 6.54. The van der Waals surface area contributed by atoms with Crippen LogP contribution in [0.3, 0.4) is 0 Å². The van der Waals surface area contributed by atoms with E-state index in [1.165, 1.54) is 17.8 Å². The third kappa shape index (κ3) is 4.63. The Morgan fingerprint density at radius 2 is 2.00 bits per heavy atom. The van der Waals surface area contributed by atoms with Crippen molar-refractivity contribution < 1.29 is 9.18 Å². The van der Waals surface area contributed by atoms with Crippen LogP contribution >= 0.6 is 35.0 Å². The molecule has 1 amide bonds. The van der Waals surface area contributed by atoms with Crippen LogP contribution in [0.15, 0.2) is 36.4 Å². The third-order valence-corrected chi connectivity index (χ3v) is 4.72. The maximum atomic E-state index is 13.6. The zero-order valence-corrected chi connectivity index (χ0v) is 14.2. The minimum absolute atomic E-state index is 0.169. The fourth-order valence-electron chi connectivity index (χ4n) is 1.78. The van der Waals surface area contributed by atoms with Crippen LogP contribution in [0, 0.1) is 12.7 Å². The summed E-state index contributed by atoms with van der Waals surface area (Å²) in [5.41, 5.74) is 2.01. The van der Waals surface area contributed by atoms with Crippen LogP contribution in [-0.4, -0.2) is 11.7 Å². The first-order valence-corrected chi connectivity index (χ1v) is 8.45. The predicted molar refractivity (Wildman–Crippen MR) is 92.4 cm³/mol. The topological polar surface area (TPSA) is 29.1 Å². The van der Waals surface area contributed by atoms with E-state index in [0.717, 1.165) is 5.56 Å². The van der Waals surface area contributed by atoms with Crippen molar-refractivity contribution in [2.45, 2.75) is 12.7 Å². The molecule has 2 aromatic carbocycles. The van der Waals surface area contributed by atoms with Gasteiger partial charge in [0.05, 0.1) is 5.75 Å². The average molecular weight is 358 g/mol. The second-order valence-electron chi connectivity index (χ2n) is 4.71. The Hall–Kier alpha value is -1.23. The van der Waals surface area contributed by atoms with Crippen LogP contribution in [0.5, 0.6) is 0 Å². The molecule has 2 nitrogen and oxygen atoms in total. The molecule has 0 aliphatic carbocycles. The lowest BCUT2D eigenvalue weighted by molar-refractivity contribution is -0.113. The Morgan fingerprint density at radius 1 is 1.23 bits per heavy atom. The van der Waals surface area contributed by atoms with E-state index in [2.05, 4.69) is 5.32 Å². The molecular formula is C16H14Cl2FNOS. The smallest absolute Gasteiger partial charge is 0.234 e. The van der Waals surface area contributed by atoms with Gasteiger partial charge in [0.25, 0.3) is 0 Å². The summed E-state index contributed by atoms with van der Waals surface area (Å²) < 4.78 is 13.6. The number of hydrogen-bond donors (Lipinski definition) is 1. The molecule has 0 aliphatic heterocycles. The molecule has 0 fully saturated rings.